The van der Waals surface area contributed by atoms with Gasteiger partial charge in [0.25, 0.3) is 0 Å². The predicted octanol–water partition coefficient (Wildman–Crippen LogP) is 2.25. The Morgan fingerprint density at radius 1 is 0.507 bits per heavy atom. The standard InChI is InChI=1S/C54H52O19/c55-17-32-44(64)46(66)48(68)52(71-32)40-28(61)11-21(12-29(40)62)35-37-26-13-25(60)14-31-36(26)38(50(70-31)20-3-7-23(58)8-4-20)27-16-30(63)41(53-49(69)47(67)45(65)33(18-56)72-53)51-39(27)43(37)54(10-9-24(59)15-34(54)73-51)42(35)19-1-5-22(57)6-2-19/h1-14,16,32-35,37-38,42-50,52-53,55-58,60-69H,15,17-18H2/t32-,33-,34+,35-,37-,38-,42+,43-,44-,45-,46+,47+,48-,49-,50+,52+,53+,54-/m1/s1. The molecule has 19 nitrogen and oxygen atoms in total. The summed E-state index contributed by atoms with van der Waals surface area (Å²) in [6.45, 7) is -1.58. The number of allylic oxidation sites excluding steroid dienone is 1. The molecule has 3 aliphatic carbocycles. The number of aromatic hydroxyl groups is 6. The molecule has 4 heterocycles. The lowest BCUT2D eigenvalue weighted by molar-refractivity contribution is -0.232. The van der Waals surface area contributed by atoms with Gasteiger partial charge >= 0.3 is 0 Å². The average Bonchev–Trinajstić information content (AvgIpc) is 3.87. The molecular weight excluding hydrogens is 953 g/mol. The van der Waals surface area contributed by atoms with Crippen molar-refractivity contribution < 1.29 is 95.2 Å². The van der Waals surface area contributed by atoms with Crippen molar-refractivity contribution in [1.82, 2.24) is 0 Å². The van der Waals surface area contributed by atoms with Crippen molar-refractivity contribution in [3.05, 3.63) is 141 Å². The number of carbonyl (C=O) groups is 1. The Hall–Kier alpha value is -6.49. The Bertz CT molecular complexity index is 3040. The molecular formula is C54H52O19. The van der Waals surface area contributed by atoms with Crippen LogP contribution in [0.15, 0.2) is 91.0 Å². The van der Waals surface area contributed by atoms with E-state index in [4.69, 9.17) is 18.9 Å². The van der Waals surface area contributed by atoms with Gasteiger partial charge in [-0.1, -0.05) is 30.3 Å². The molecule has 382 valence electrons. The van der Waals surface area contributed by atoms with Gasteiger partial charge in [-0.3, -0.25) is 4.79 Å². The van der Waals surface area contributed by atoms with Crippen LogP contribution in [0.5, 0.6) is 46.0 Å². The lowest BCUT2D eigenvalue weighted by atomic mass is 9.57. The highest BCUT2D eigenvalue weighted by Crippen LogP contribution is 2.78. The molecule has 0 unspecified atom stereocenters. The Morgan fingerprint density at radius 2 is 1.07 bits per heavy atom. The van der Waals surface area contributed by atoms with Gasteiger partial charge in [0.05, 0.1) is 30.3 Å². The van der Waals surface area contributed by atoms with E-state index in [-0.39, 0.29) is 57.6 Å². The topological polar surface area (TPSA) is 337 Å². The number of rotatable bonds is 7. The van der Waals surface area contributed by atoms with E-state index in [9.17, 15) is 76.3 Å². The summed E-state index contributed by atoms with van der Waals surface area (Å²) in [6.07, 6.45) is -16.2. The zero-order valence-corrected chi connectivity index (χ0v) is 38.4. The van der Waals surface area contributed by atoms with E-state index >= 15 is 0 Å². The molecule has 0 radical (unpaired) electrons. The van der Waals surface area contributed by atoms with Gasteiger partial charge in [0.1, 0.15) is 119 Å². The van der Waals surface area contributed by atoms with E-state index in [1.54, 1.807) is 36.4 Å². The van der Waals surface area contributed by atoms with Crippen molar-refractivity contribution in [1.29, 1.82) is 0 Å². The minimum atomic E-state index is -1.91. The maximum absolute atomic E-state index is 13.9. The second-order valence-electron chi connectivity index (χ2n) is 20.4. The molecule has 2 saturated heterocycles. The third-order valence-corrected chi connectivity index (χ3v) is 16.7. The zero-order chi connectivity index (χ0) is 51.3. The summed E-state index contributed by atoms with van der Waals surface area (Å²) in [5.41, 5.74) is 1.49. The first kappa shape index (κ1) is 47.5. The first-order valence-electron chi connectivity index (χ1n) is 24.0. The molecule has 5 aromatic rings. The Balaban J connectivity index is 1.18. The summed E-state index contributed by atoms with van der Waals surface area (Å²) in [6, 6.07) is 19.9. The number of aliphatic hydroxyl groups is 8. The Labute approximate surface area is 414 Å². The summed E-state index contributed by atoms with van der Waals surface area (Å²) in [7, 11) is 0. The lowest BCUT2D eigenvalue weighted by Gasteiger charge is -2.52. The normalized spacial score (nSPS) is 36.6. The van der Waals surface area contributed by atoms with Crippen LogP contribution in [-0.4, -0.2) is 145 Å². The fraction of sp³-hybridized carbons (Fsp3) is 0.389. The van der Waals surface area contributed by atoms with Crippen LogP contribution in [0.25, 0.3) is 0 Å². The average molecular weight is 1000 g/mol. The van der Waals surface area contributed by atoms with Gasteiger partial charge < -0.3 is 90.4 Å². The molecule has 5 aromatic carbocycles. The third kappa shape index (κ3) is 6.77. The van der Waals surface area contributed by atoms with Gasteiger partial charge in [0.15, 0.2) is 5.78 Å². The molecule has 0 amide bonds. The van der Waals surface area contributed by atoms with Gasteiger partial charge in [-0.15, -0.1) is 0 Å². The highest BCUT2D eigenvalue weighted by Gasteiger charge is 2.70. The first-order chi connectivity index (χ1) is 35.0. The maximum Gasteiger partial charge on any atom is 0.159 e. The monoisotopic (exact) mass is 1000 g/mol. The van der Waals surface area contributed by atoms with E-state index < -0.39 is 139 Å². The van der Waals surface area contributed by atoms with Crippen LogP contribution in [0, 0.1) is 5.41 Å². The van der Waals surface area contributed by atoms with E-state index in [1.165, 1.54) is 54.6 Å². The Kier molecular flexibility index (Phi) is 11.1. The van der Waals surface area contributed by atoms with E-state index in [1.807, 2.05) is 0 Å². The summed E-state index contributed by atoms with van der Waals surface area (Å²) in [5.74, 6) is -6.59. The summed E-state index contributed by atoms with van der Waals surface area (Å²) in [5, 5.41) is 157. The van der Waals surface area contributed by atoms with Crippen molar-refractivity contribution in [3.8, 4) is 46.0 Å². The fourth-order valence-electron chi connectivity index (χ4n) is 13.7. The summed E-state index contributed by atoms with van der Waals surface area (Å²) in [4.78, 5) is 13.9. The number of ketones is 1. The minimum absolute atomic E-state index is 0.0286. The van der Waals surface area contributed by atoms with Crippen LogP contribution in [-0.2, 0) is 14.3 Å². The first-order valence-corrected chi connectivity index (χ1v) is 24.0. The van der Waals surface area contributed by atoms with E-state index in [0.717, 1.165) is 0 Å². The number of fused-ring (bicyclic) bond motifs is 2. The minimum Gasteiger partial charge on any atom is -0.508 e. The number of phenolic OH excluding ortho intramolecular Hbond substituents is 6. The lowest BCUT2D eigenvalue weighted by Crippen LogP contribution is -2.55. The molecule has 12 rings (SSSR count). The molecule has 73 heavy (non-hydrogen) atoms. The molecule has 3 fully saturated rings. The molecule has 18 atom stereocenters. The predicted molar refractivity (Wildman–Crippen MR) is 249 cm³/mol. The molecule has 19 heteroatoms. The van der Waals surface area contributed by atoms with Crippen molar-refractivity contribution in [3.63, 3.8) is 0 Å². The number of ether oxygens (including phenoxy) is 4. The number of aliphatic hydroxyl groups excluding tert-OH is 8. The molecule has 7 aliphatic rings. The largest absolute Gasteiger partial charge is 0.508 e. The van der Waals surface area contributed by atoms with Crippen LogP contribution in [0.2, 0.25) is 0 Å². The van der Waals surface area contributed by atoms with Gasteiger partial charge in [-0.25, -0.2) is 0 Å². The van der Waals surface area contributed by atoms with E-state index in [0.29, 0.717) is 33.4 Å². The highest BCUT2D eigenvalue weighted by molar-refractivity contribution is 5.92. The number of carbonyl (C=O) groups excluding carboxylic acids is 1. The van der Waals surface area contributed by atoms with Crippen LogP contribution in [0.1, 0.15) is 104 Å². The third-order valence-electron chi connectivity index (χ3n) is 16.7. The second-order valence-corrected chi connectivity index (χ2v) is 20.4. The summed E-state index contributed by atoms with van der Waals surface area (Å²) < 4.78 is 26.0. The van der Waals surface area contributed by atoms with Gasteiger partial charge in [-0.2, -0.15) is 0 Å². The molecule has 4 aliphatic heterocycles. The van der Waals surface area contributed by atoms with Crippen LogP contribution in [0.3, 0.4) is 0 Å². The van der Waals surface area contributed by atoms with Crippen molar-refractivity contribution in [2.75, 3.05) is 13.2 Å². The molecule has 0 aromatic heterocycles. The Morgan fingerprint density at radius 3 is 1.66 bits per heavy atom. The van der Waals surface area contributed by atoms with Gasteiger partial charge in [0.2, 0.25) is 0 Å². The van der Waals surface area contributed by atoms with Crippen LogP contribution < -0.4 is 9.47 Å². The van der Waals surface area contributed by atoms with E-state index in [2.05, 4.69) is 0 Å². The number of hydrogen-bond acceptors (Lipinski definition) is 19. The molecule has 1 spiro atoms. The quantitative estimate of drug-likeness (QED) is 0.111. The van der Waals surface area contributed by atoms with Gasteiger partial charge in [-0.05, 0) is 94.3 Å². The fourth-order valence-corrected chi connectivity index (χ4v) is 13.7. The number of phenols is 6. The van der Waals surface area contributed by atoms with Gasteiger partial charge in [0, 0.05) is 40.9 Å². The SMILES string of the molecule is O=C1C=C[C@]23[C@H](C1)Oc1c([C@@H]4O[C@H](CO)[C@@H](O)[C@H](O)[C@H]4O)c(O)cc4c1[C@H]2[C@H](c1cc(O)cc2c1[C@@H]4[C@H](c1ccc(O)cc1)O2)[C@@H](c1cc(O)c([C@@H]2O[C@H](CO)[C@@H](O)[C@H](O)[C@H]2O)c(O)c1)[C@@H]3c1ccc(O)cc1. The number of hydrogen-bond donors (Lipinski definition) is 14. The number of benzene rings is 5. The summed E-state index contributed by atoms with van der Waals surface area (Å²) >= 11 is 0. The smallest absolute Gasteiger partial charge is 0.159 e. The zero-order valence-electron chi connectivity index (χ0n) is 38.4. The maximum atomic E-state index is 13.9. The van der Waals surface area contributed by atoms with Crippen molar-refractivity contribution >= 4 is 5.78 Å². The highest BCUT2D eigenvalue weighted by atomic mass is 16.6. The van der Waals surface area contributed by atoms with Crippen molar-refractivity contribution in [2.45, 2.75) is 109 Å². The van der Waals surface area contributed by atoms with Crippen molar-refractivity contribution in [2.24, 2.45) is 5.41 Å². The second kappa shape index (κ2) is 17.0. The molecule has 0 bridgehead atoms. The molecule has 1 saturated carbocycles. The van der Waals surface area contributed by atoms with Crippen LogP contribution >= 0.6 is 0 Å². The molecule has 14 N–H and O–H groups in total. The van der Waals surface area contributed by atoms with Crippen LogP contribution in [0.4, 0.5) is 0 Å².